The summed E-state index contributed by atoms with van der Waals surface area (Å²) in [7, 11) is 1.55. The number of ketones is 1. The predicted molar refractivity (Wildman–Crippen MR) is 120 cm³/mol. The van der Waals surface area contributed by atoms with Crippen LogP contribution in [0.25, 0.3) is 16.3 Å². The SMILES string of the molecule is COc1cc([C@@H]2Nc3ccc4ccccc4c3C3=C2CC(C)(C)CC3=O)ccc1O. The van der Waals surface area contributed by atoms with Crippen molar-refractivity contribution >= 4 is 27.8 Å². The molecule has 3 aromatic rings. The number of anilines is 1. The third kappa shape index (κ3) is 2.86. The molecule has 0 unspecified atom stereocenters. The Balaban J connectivity index is 1.78. The van der Waals surface area contributed by atoms with Crippen LogP contribution < -0.4 is 10.1 Å². The summed E-state index contributed by atoms with van der Waals surface area (Å²) >= 11 is 0. The number of nitrogens with one attached hydrogen (secondary N) is 1. The van der Waals surface area contributed by atoms with Crippen LogP contribution in [0.15, 0.2) is 60.2 Å². The summed E-state index contributed by atoms with van der Waals surface area (Å²) in [5, 5.41) is 16.0. The van der Waals surface area contributed by atoms with Crippen LogP contribution in [-0.2, 0) is 4.79 Å². The first-order valence-electron chi connectivity index (χ1n) is 10.3. The van der Waals surface area contributed by atoms with Gasteiger partial charge >= 0.3 is 0 Å². The van der Waals surface area contributed by atoms with Crippen LogP contribution in [0, 0.1) is 5.41 Å². The van der Waals surface area contributed by atoms with Crippen molar-refractivity contribution in [2.75, 3.05) is 12.4 Å². The standard InChI is InChI=1S/C26H25NO3/c1-26(2)13-18-24(21(29)14-26)23-17-7-5-4-6-15(17)8-10-19(23)27-25(18)16-9-11-20(28)22(12-16)30-3/h4-12,25,27-28H,13-14H2,1-3H3/t25-/m0/s1. The molecule has 3 aromatic carbocycles. The Kier molecular flexibility index (Phi) is 4.14. The van der Waals surface area contributed by atoms with Crippen molar-refractivity contribution in [2.24, 2.45) is 5.41 Å². The van der Waals surface area contributed by atoms with Crippen molar-refractivity contribution in [1.29, 1.82) is 0 Å². The summed E-state index contributed by atoms with van der Waals surface area (Å²) in [6.07, 6.45) is 1.37. The Hall–Kier alpha value is -3.27. The fraction of sp³-hybridized carbons (Fsp3) is 0.269. The van der Waals surface area contributed by atoms with Crippen molar-refractivity contribution in [2.45, 2.75) is 32.7 Å². The molecule has 5 rings (SSSR count). The first-order valence-corrected chi connectivity index (χ1v) is 10.3. The number of aromatic hydroxyl groups is 1. The van der Waals surface area contributed by atoms with E-state index >= 15 is 0 Å². The van der Waals surface area contributed by atoms with Crippen LogP contribution >= 0.6 is 0 Å². The number of methoxy groups -OCH3 is 1. The zero-order chi connectivity index (χ0) is 21.0. The maximum atomic E-state index is 13.5. The lowest BCUT2D eigenvalue weighted by Crippen LogP contribution is -2.32. The second kappa shape index (κ2) is 6.63. The van der Waals surface area contributed by atoms with Crippen molar-refractivity contribution in [3.05, 3.63) is 71.3 Å². The Labute approximate surface area is 176 Å². The van der Waals surface area contributed by atoms with Gasteiger partial charge in [0, 0.05) is 23.2 Å². The molecule has 2 aliphatic rings. The number of rotatable bonds is 2. The number of phenols is 1. The molecule has 0 amide bonds. The maximum absolute atomic E-state index is 13.5. The highest BCUT2D eigenvalue weighted by atomic mass is 16.5. The number of fused-ring (bicyclic) bond motifs is 4. The van der Waals surface area contributed by atoms with Gasteiger partial charge in [0.15, 0.2) is 17.3 Å². The van der Waals surface area contributed by atoms with Gasteiger partial charge in [-0.15, -0.1) is 0 Å². The average Bonchev–Trinajstić information content (AvgIpc) is 2.72. The van der Waals surface area contributed by atoms with Crippen LogP contribution in [-0.4, -0.2) is 18.0 Å². The van der Waals surface area contributed by atoms with E-state index in [0.29, 0.717) is 12.2 Å². The van der Waals surface area contributed by atoms with Crippen LogP contribution in [0.4, 0.5) is 5.69 Å². The highest BCUT2D eigenvalue weighted by molar-refractivity contribution is 6.28. The minimum absolute atomic E-state index is 0.0983. The number of phenolic OH excluding ortho intramolecular Hbond substituents is 1. The molecular weight excluding hydrogens is 374 g/mol. The molecule has 30 heavy (non-hydrogen) atoms. The summed E-state index contributed by atoms with van der Waals surface area (Å²) in [4.78, 5) is 13.5. The molecule has 1 aliphatic carbocycles. The Morgan fingerprint density at radius 1 is 1.07 bits per heavy atom. The van der Waals surface area contributed by atoms with Crippen molar-refractivity contribution in [1.82, 2.24) is 0 Å². The Morgan fingerprint density at radius 2 is 1.87 bits per heavy atom. The fourth-order valence-electron chi connectivity index (χ4n) is 4.98. The minimum Gasteiger partial charge on any atom is -0.504 e. The van der Waals surface area contributed by atoms with Gasteiger partial charge in [-0.25, -0.2) is 0 Å². The van der Waals surface area contributed by atoms with Gasteiger partial charge in [-0.3, -0.25) is 4.79 Å². The molecule has 152 valence electrons. The van der Waals surface area contributed by atoms with Crippen molar-refractivity contribution in [3.8, 4) is 11.5 Å². The van der Waals surface area contributed by atoms with E-state index in [9.17, 15) is 9.90 Å². The molecule has 4 heteroatoms. The van der Waals surface area contributed by atoms with Gasteiger partial charge in [0.25, 0.3) is 0 Å². The number of ether oxygens (including phenoxy) is 1. The van der Waals surface area contributed by atoms with Crippen LogP contribution in [0.3, 0.4) is 0 Å². The first-order chi connectivity index (χ1) is 14.4. The molecule has 2 N–H and O–H groups in total. The lowest BCUT2D eigenvalue weighted by atomic mass is 9.68. The number of Topliss-reactive ketones (excluding diaryl/α,β-unsaturated/α-hetero) is 1. The third-order valence-electron chi connectivity index (χ3n) is 6.27. The molecule has 1 atom stereocenters. The van der Waals surface area contributed by atoms with Crippen LogP contribution in [0.5, 0.6) is 11.5 Å². The van der Waals surface area contributed by atoms with E-state index in [0.717, 1.165) is 45.2 Å². The maximum Gasteiger partial charge on any atom is 0.164 e. The zero-order valence-electron chi connectivity index (χ0n) is 17.5. The van der Waals surface area contributed by atoms with Gasteiger partial charge in [-0.05, 0) is 51.9 Å². The zero-order valence-corrected chi connectivity index (χ0v) is 17.5. The molecule has 1 aliphatic heterocycles. The molecule has 0 spiro atoms. The lowest BCUT2D eigenvalue weighted by molar-refractivity contribution is -0.116. The normalized spacial score (nSPS) is 19.8. The van der Waals surface area contributed by atoms with Gasteiger partial charge in [0.2, 0.25) is 0 Å². The summed E-state index contributed by atoms with van der Waals surface area (Å²) in [5.74, 6) is 0.746. The molecule has 0 saturated heterocycles. The number of carbonyl (C=O) groups excluding carboxylic acids is 1. The smallest absolute Gasteiger partial charge is 0.164 e. The highest BCUT2D eigenvalue weighted by Crippen LogP contribution is 2.52. The molecule has 0 aromatic heterocycles. The molecule has 0 saturated carbocycles. The number of carbonyl (C=O) groups is 1. The largest absolute Gasteiger partial charge is 0.504 e. The summed E-state index contributed by atoms with van der Waals surface area (Å²) in [6.45, 7) is 4.31. The second-order valence-corrected chi connectivity index (χ2v) is 9.06. The van der Waals surface area contributed by atoms with Gasteiger partial charge in [0.1, 0.15) is 0 Å². The van der Waals surface area contributed by atoms with Crippen LogP contribution in [0.2, 0.25) is 0 Å². The Bertz CT molecular complexity index is 1220. The quantitative estimate of drug-likeness (QED) is 0.566. The van der Waals surface area contributed by atoms with Gasteiger partial charge in [0.05, 0.1) is 13.2 Å². The summed E-state index contributed by atoms with van der Waals surface area (Å²) < 4.78 is 5.34. The lowest BCUT2D eigenvalue weighted by Gasteiger charge is -2.40. The van der Waals surface area contributed by atoms with E-state index in [1.807, 2.05) is 24.3 Å². The highest BCUT2D eigenvalue weighted by Gasteiger charge is 2.40. The van der Waals surface area contributed by atoms with Crippen molar-refractivity contribution in [3.63, 3.8) is 0 Å². The average molecular weight is 399 g/mol. The van der Waals surface area contributed by atoms with Gasteiger partial charge < -0.3 is 15.2 Å². The summed E-state index contributed by atoms with van der Waals surface area (Å²) in [5.41, 5.74) is 4.84. The van der Waals surface area contributed by atoms with E-state index in [2.05, 4.69) is 43.4 Å². The van der Waals surface area contributed by atoms with E-state index < -0.39 is 0 Å². The van der Waals surface area contributed by atoms with E-state index in [1.54, 1.807) is 13.2 Å². The van der Waals surface area contributed by atoms with E-state index in [1.165, 1.54) is 0 Å². The number of allylic oxidation sites excluding steroid dienone is 1. The monoisotopic (exact) mass is 399 g/mol. The second-order valence-electron chi connectivity index (χ2n) is 9.06. The molecule has 4 nitrogen and oxygen atoms in total. The summed E-state index contributed by atoms with van der Waals surface area (Å²) in [6, 6.07) is 17.7. The molecule has 0 radical (unpaired) electrons. The van der Waals surface area contributed by atoms with E-state index in [4.69, 9.17) is 4.74 Å². The minimum atomic E-state index is -0.147. The molecule has 0 fully saturated rings. The first kappa shape index (κ1) is 18.7. The topological polar surface area (TPSA) is 58.6 Å². The fourth-order valence-corrected chi connectivity index (χ4v) is 4.98. The number of benzene rings is 3. The van der Waals surface area contributed by atoms with Gasteiger partial charge in [-0.2, -0.15) is 0 Å². The Morgan fingerprint density at radius 3 is 2.67 bits per heavy atom. The van der Waals surface area contributed by atoms with Gasteiger partial charge in [-0.1, -0.05) is 50.2 Å². The molecule has 0 bridgehead atoms. The molecule has 1 heterocycles. The number of hydrogen-bond acceptors (Lipinski definition) is 4. The molecular formula is C26H25NO3. The number of hydrogen-bond donors (Lipinski definition) is 2. The van der Waals surface area contributed by atoms with Crippen molar-refractivity contribution < 1.29 is 14.6 Å². The van der Waals surface area contributed by atoms with E-state index in [-0.39, 0.29) is 23.0 Å². The third-order valence-corrected chi connectivity index (χ3v) is 6.27. The predicted octanol–water partition coefficient (Wildman–Crippen LogP) is 5.86. The van der Waals surface area contributed by atoms with Crippen LogP contribution in [0.1, 0.15) is 43.9 Å².